The third kappa shape index (κ3) is 8.51. The third-order valence-corrected chi connectivity index (χ3v) is 12.2. The van der Waals surface area contributed by atoms with Crippen LogP contribution < -0.4 is 42.2 Å². The number of aliphatic hydroxyl groups excluding tert-OH is 1. The van der Waals surface area contributed by atoms with Crippen molar-refractivity contribution in [1.29, 1.82) is 0 Å². The number of rotatable bonds is 6. The van der Waals surface area contributed by atoms with Crippen molar-refractivity contribution in [2.24, 2.45) is 0 Å². The van der Waals surface area contributed by atoms with E-state index in [1.807, 2.05) is 13.8 Å². The Labute approximate surface area is 376 Å². The smallest absolute Gasteiger partial charge is 0.413 e. The number of carbonyl (C=O) groups is 2. The van der Waals surface area contributed by atoms with Crippen molar-refractivity contribution >= 4 is 68.1 Å². The zero-order valence-corrected chi connectivity index (χ0v) is 36.5. The minimum absolute atomic E-state index is 0.0397. The summed E-state index contributed by atoms with van der Waals surface area (Å²) in [6, 6.07) is 6.52. The second-order valence-corrected chi connectivity index (χ2v) is 17.5. The molecule has 2 aliphatic carbocycles. The van der Waals surface area contributed by atoms with E-state index in [2.05, 4.69) is 41.2 Å². The molecule has 66 heavy (non-hydrogen) atoms. The molecule has 0 saturated heterocycles. The molecule has 2 amide bonds. The SMILES string of the molecule is Cc1c(-c2cc3cc(NC(=O)OC4(C)CC(O)C4)ncc3c(N)c2F)cnc2c1NCCO2.Cc1c(-c2cc3cc(NC(=O)OC4CC(C)(O)C4)ncc3c(N)c2F)cnc2c1NCCO2. The van der Waals surface area contributed by atoms with Crippen LogP contribution in [0.25, 0.3) is 43.8 Å². The molecule has 2 aliphatic heterocycles. The van der Waals surface area contributed by atoms with E-state index in [4.69, 9.17) is 30.4 Å². The second-order valence-electron chi connectivity index (χ2n) is 17.5. The number of amides is 2. The number of anilines is 6. The summed E-state index contributed by atoms with van der Waals surface area (Å²) in [6.45, 7) is 9.49. The molecule has 0 spiro atoms. The first-order valence-corrected chi connectivity index (χ1v) is 21.3. The molecular formula is C46H48F2N10O8. The van der Waals surface area contributed by atoms with Gasteiger partial charge in [-0.3, -0.25) is 10.6 Å². The fraction of sp³-hybridized carbons (Fsp3) is 0.348. The predicted molar refractivity (Wildman–Crippen MR) is 244 cm³/mol. The van der Waals surface area contributed by atoms with Crippen LogP contribution in [0.5, 0.6) is 11.8 Å². The van der Waals surface area contributed by atoms with Crippen LogP contribution in [-0.4, -0.2) is 92.0 Å². The van der Waals surface area contributed by atoms with Gasteiger partial charge < -0.3 is 51.3 Å². The Kier molecular flexibility index (Phi) is 11.3. The highest BCUT2D eigenvalue weighted by Crippen LogP contribution is 2.42. The molecule has 18 nitrogen and oxygen atoms in total. The van der Waals surface area contributed by atoms with Crippen LogP contribution in [0.2, 0.25) is 0 Å². The molecule has 0 bridgehead atoms. The van der Waals surface area contributed by atoms with Crippen LogP contribution in [0.3, 0.4) is 0 Å². The highest BCUT2D eigenvalue weighted by atomic mass is 19.1. The standard InChI is InChI=1S/2C23H24FN5O4/c1-11-15(9-28-21-20(11)26-3-4-32-21)14-5-12-6-17(27-10-16(12)19(25)18(14)24)29-22(30)33-13-7-23(2,31)8-13;1-11-15(9-28-21-20(11)26-3-4-32-21)14-5-12-6-17(27-10-16(12)19(25)18(14)24)29-22(31)33-23(2)7-13(30)8-23/h5-6,9-10,13,26,31H,3-4,7-8,25H2,1-2H3,(H,27,29,30);5-6,9-10,13,26,30H,3-4,7-8,25H2,1-2H3,(H,27,29,31). The summed E-state index contributed by atoms with van der Waals surface area (Å²) in [5, 5.41) is 33.0. The molecule has 0 radical (unpaired) electrons. The first kappa shape index (κ1) is 43.9. The minimum atomic E-state index is -0.796. The van der Waals surface area contributed by atoms with Crippen LogP contribution >= 0.6 is 0 Å². The number of carbonyl (C=O) groups excluding carboxylic acids is 2. The summed E-state index contributed by atoms with van der Waals surface area (Å²) >= 11 is 0. The summed E-state index contributed by atoms with van der Waals surface area (Å²) in [5.41, 5.74) is 15.4. The largest absolute Gasteiger partial charge is 0.474 e. The number of nitrogen functional groups attached to an aromatic ring is 2. The monoisotopic (exact) mass is 906 g/mol. The molecule has 2 fully saturated rings. The second kappa shape index (κ2) is 16.9. The van der Waals surface area contributed by atoms with Crippen molar-refractivity contribution in [2.75, 3.05) is 59.0 Å². The highest BCUT2D eigenvalue weighted by molar-refractivity contribution is 6.01. The Morgan fingerprint density at radius 2 is 1.20 bits per heavy atom. The number of nitrogens with one attached hydrogen (secondary N) is 4. The van der Waals surface area contributed by atoms with Crippen molar-refractivity contribution in [3.63, 3.8) is 0 Å². The number of ether oxygens (including phenoxy) is 4. The fourth-order valence-corrected chi connectivity index (χ4v) is 8.77. The molecule has 0 unspecified atom stereocenters. The molecule has 4 aliphatic rings. The average molecular weight is 907 g/mol. The molecule has 344 valence electrons. The number of aromatic nitrogens is 4. The number of aliphatic hydroxyl groups is 2. The van der Waals surface area contributed by atoms with Crippen molar-refractivity contribution in [3.8, 4) is 34.0 Å². The van der Waals surface area contributed by atoms with Crippen molar-refractivity contribution in [3.05, 3.63) is 71.8 Å². The topological polar surface area (TPSA) is 263 Å². The summed E-state index contributed by atoms with van der Waals surface area (Å²) < 4.78 is 52.3. The Morgan fingerprint density at radius 1 is 0.727 bits per heavy atom. The molecule has 4 aromatic heterocycles. The van der Waals surface area contributed by atoms with E-state index < -0.39 is 41.1 Å². The number of hydrogen-bond donors (Lipinski definition) is 8. The summed E-state index contributed by atoms with van der Waals surface area (Å²) in [5.74, 6) is 0.317. The number of hydrogen-bond acceptors (Lipinski definition) is 16. The molecular weight excluding hydrogens is 859 g/mol. The summed E-state index contributed by atoms with van der Waals surface area (Å²) in [7, 11) is 0. The van der Waals surface area contributed by atoms with Gasteiger partial charge in [0, 0.05) is 96.6 Å². The predicted octanol–water partition coefficient (Wildman–Crippen LogP) is 7.19. The van der Waals surface area contributed by atoms with Crippen LogP contribution in [0.1, 0.15) is 50.7 Å². The number of pyridine rings is 4. The van der Waals surface area contributed by atoms with Gasteiger partial charge in [-0.05, 0) is 73.9 Å². The van der Waals surface area contributed by atoms with E-state index >= 15 is 8.78 Å². The number of nitrogens with zero attached hydrogens (tertiary/aromatic N) is 4. The Bertz CT molecular complexity index is 2940. The van der Waals surface area contributed by atoms with Crippen molar-refractivity contribution < 1.29 is 47.5 Å². The summed E-state index contributed by atoms with van der Waals surface area (Å²) in [6.07, 6.45) is 5.37. The molecule has 10 rings (SSSR count). The van der Waals surface area contributed by atoms with E-state index in [1.165, 1.54) is 12.4 Å². The van der Waals surface area contributed by atoms with Gasteiger partial charge in [0.05, 0.1) is 23.1 Å². The number of benzene rings is 2. The van der Waals surface area contributed by atoms with Gasteiger partial charge in [0.25, 0.3) is 0 Å². The zero-order valence-electron chi connectivity index (χ0n) is 36.5. The zero-order chi connectivity index (χ0) is 46.7. The lowest BCUT2D eigenvalue weighted by molar-refractivity contribution is -0.102. The van der Waals surface area contributed by atoms with Crippen LogP contribution in [0.4, 0.5) is 52.8 Å². The fourth-order valence-electron chi connectivity index (χ4n) is 8.77. The number of nitrogens with two attached hydrogens (primary N) is 2. The first-order valence-electron chi connectivity index (χ1n) is 21.3. The maximum absolute atomic E-state index is 15.3. The summed E-state index contributed by atoms with van der Waals surface area (Å²) in [4.78, 5) is 41.4. The van der Waals surface area contributed by atoms with E-state index in [9.17, 15) is 19.8 Å². The van der Waals surface area contributed by atoms with E-state index in [1.54, 1.807) is 50.5 Å². The van der Waals surface area contributed by atoms with Gasteiger partial charge in [0.2, 0.25) is 11.8 Å². The molecule has 10 N–H and O–H groups in total. The van der Waals surface area contributed by atoms with Gasteiger partial charge in [-0.1, -0.05) is 0 Å². The van der Waals surface area contributed by atoms with Crippen LogP contribution in [0.15, 0.2) is 49.1 Å². The quantitative estimate of drug-likeness (QED) is 0.0769. The third-order valence-electron chi connectivity index (χ3n) is 12.2. The van der Waals surface area contributed by atoms with Gasteiger partial charge in [0.15, 0.2) is 11.6 Å². The van der Waals surface area contributed by atoms with Gasteiger partial charge in [-0.25, -0.2) is 38.3 Å². The van der Waals surface area contributed by atoms with E-state index in [0.717, 1.165) is 22.5 Å². The highest BCUT2D eigenvalue weighted by Gasteiger charge is 2.43. The lowest BCUT2D eigenvalue weighted by atomic mass is 9.79. The van der Waals surface area contributed by atoms with Gasteiger partial charge in [0.1, 0.15) is 47.9 Å². The van der Waals surface area contributed by atoms with Crippen LogP contribution in [-0.2, 0) is 9.47 Å². The Morgan fingerprint density at radius 3 is 1.65 bits per heavy atom. The molecule has 0 atom stereocenters. The Balaban J connectivity index is 0.000000166. The Hall–Kier alpha value is -7.32. The minimum Gasteiger partial charge on any atom is -0.474 e. The van der Waals surface area contributed by atoms with Gasteiger partial charge in [-0.15, -0.1) is 0 Å². The van der Waals surface area contributed by atoms with Gasteiger partial charge >= 0.3 is 12.2 Å². The molecule has 2 aromatic carbocycles. The number of halogens is 2. The van der Waals surface area contributed by atoms with Crippen molar-refractivity contribution in [1.82, 2.24) is 19.9 Å². The van der Waals surface area contributed by atoms with Gasteiger partial charge in [-0.2, -0.15) is 0 Å². The molecule has 6 aromatic rings. The molecule has 6 heterocycles. The van der Waals surface area contributed by atoms with E-state index in [-0.39, 0.29) is 40.2 Å². The maximum Gasteiger partial charge on any atom is 0.413 e. The normalized spacial score (nSPS) is 21.4. The molecule has 2 saturated carbocycles. The molecule has 20 heteroatoms. The lowest BCUT2D eigenvalue weighted by Crippen LogP contribution is -2.48. The van der Waals surface area contributed by atoms with E-state index in [0.29, 0.717) is 96.4 Å². The number of fused-ring (bicyclic) bond motifs is 4. The van der Waals surface area contributed by atoms with Crippen molar-refractivity contribution in [2.45, 2.75) is 76.8 Å². The van der Waals surface area contributed by atoms with Crippen LogP contribution in [0, 0.1) is 25.5 Å². The average Bonchev–Trinajstić information content (AvgIpc) is 3.26. The first-order chi connectivity index (χ1) is 31.5. The maximum atomic E-state index is 15.3. The lowest BCUT2D eigenvalue weighted by Gasteiger charge is -2.41.